The molecule has 2 N–H and O–H groups in total. The van der Waals surface area contributed by atoms with Gasteiger partial charge in [0.05, 0.1) is 12.1 Å². The van der Waals surface area contributed by atoms with Crippen molar-refractivity contribution in [3.63, 3.8) is 0 Å². The van der Waals surface area contributed by atoms with Crippen molar-refractivity contribution in [1.82, 2.24) is 10.3 Å². The lowest BCUT2D eigenvalue weighted by molar-refractivity contribution is -0.136. The molecular weight excluding hydrogens is 272 g/mol. The van der Waals surface area contributed by atoms with Crippen molar-refractivity contribution in [3.8, 4) is 0 Å². The Balaban J connectivity index is 2.39. The van der Waals surface area contributed by atoms with E-state index in [9.17, 15) is 9.59 Å². The van der Waals surface area contributed by atoms with Crippen molar-refractivity contribution in [2.24, 2.45) is 0 Å². The third-order valence-electron chi connectivity index (χ3n) is 2.24. The highest BCUT2D eigenvalue weighted by Gasteiger charge is 2.11. The Bertz CT molecular complexity index is 432. The average Bonchev–Trinajstić information content (AvgIpc) is 2.64. The number of nitrogens with zero attached hydrogens (tertiary/aromatic N) is 1. The van der Waals surface area contributed by atoms with Gasteiger partial charge in [-0.15, -0.1) is 11.3 Å². The van der Waals surface area contributed by atoms with Crippen molar-refractivity contribution in [2.75, 3.05) is 12.8 Å². The summed E-state index contributed by atoms with van der Waals surface area (Å²) in [6.45, 7) is 1.82. The van der Waals surface area contributed by atoms with Crippen LogP contribution >= 0.6 is 23.1 Å². The highest BCUT2D eigenvalue weighted by atomic mass is 32.2. The maximum Gasteiger partial charge on any atom is 0.308 e. The molecule has 100 valence electrons. The summed E-state index contributed by atoms with van der Waals surface area (Å²) in [5.41, 5.74) is 0.788. The zero-order valence-electron chi connectivity index (χ0n) is 10.4. The van der Waals surface area contributed by atoms with Crippen LogP contribution in [0.1, 0.15) is 23.4 Å². The normalized spacial score (nSPS) is 10.3. The molecule has 1 aromatic rings. The number of thioether (sulfide) groups is 1. The molecule has 7 heteroatoms. The third kappa shape index (κ3) is 5.05. The van der Waals surface area contributed by atoms with E-state index in [4.69, 9.17) is 5.11 Å². The average molecular weight is 288 g/mol. The number of rotatable bonds is 7. The van der Waals surface area contributed by atoms with Crippen LogP contribution in [0.25, 0.3) is 0 Å². The number of carboxylic acid groups (broad SMARTS) is 1. The number of carbonyl (C=O) groups excluding carboxylic acids is 1. The van der Waals surface area contributed by atoms with Gasteiger partial charge in [-0.05, 0) is 13.3 Å². The number of aromatic nitrogens is 1. The molecule has 1 rings (SSSR count). The van der Waals surface area contributed by atoms with E-state index in [0.29, 0.717) is 6.42 Å². The number of amides is 1. The Morgan fingerprint density at radius 3 is 2.83 bits per heavy atom. The quantitative estimate of drug-likeness (QED) is 0.589. The predicted molar refractivity (Wildman–Crippen MR) is 72.2 cm³/mol. The van der Waals surface area contributed by atoms with Gasteiger partial charge in [-0.1, -0.05) is 11.8 Å². The number of aliphatic carboxylic acids is 1. The molecule has 0 bridgehead atoms. The number of aryl methyl sites for hydroxylation is 1. The van der Waals surface area contributed by atoms with Crippen molar-refractivity contribution < 1.29 is 14.7 Å². The first-order valence-corrected chi connectivity index (χ1v) is 7.34. The van der Waals surface area contributed by atoms with E-state index in [-0.39, 0.29) is 12.3 Å². The monoisotopic (exact) mass is 288 g/mol. The van der Waals surface area contributed by atoms with Crippen molar-refractivity contribution in [3.05, 3.63) is 10.6 Å². The molecule has 1 heterocycles. The number of thiazole rings is 1. The Kier molecular flexibility index (Phi) is 6.14. The van der Waals surface area contributed by atoms with Crippen molar-refractivity contribution in [1.29, 1.82) is 0 Å². The molecule has 0 atom stereocenters. The van der Waals surface area contributed by atoms with Gasteiger partial charge in [0.15, 0.2) is 0 Å². The van der Waals surface area contributed by atoms with E-state index in [1.54, 1.807) is 18.8 Å². The van der Waals surface area contributed by atoms with Gasteiger partial charge in [-0.3, -0.25) is 9.59 Å². The largest absolute Gasteiger partial charge is 0.481 e. The fraction of sp³-hybridized carbons (Fsp3) is 0.545. The van der Waals surface area contributed by atoms with Crippen LogP contribution in [0.3, 0.4) is 0 Å². The molecule has 0 aliphatic carbocycles. The van der Waals surface area contributed by atoms with Crippen LogP contribution in [-0.4, -0.2) is 34.8 Å². The van der Waals surface area contributed by atoms with Gasteiger partial charge in [-0.2, -0.15) is 0 Å². The van der Waals surface area contributed by atoms with Gasteiger partial charge in [0.1, 0.15) is 4.34 Å². The Hall–Kier alpha value is -1.08. The number of nitrogens with one attached hydrogen (secondary N) is 1. The fourth-order valence-electron chi connectivity index (χ4n) is 1.28. The van der Waals surface area contributed by atoms with Gasteiger partial charge >= 0.3 is 5.97 Å². The van der Waals surface area contributed by atoms with E-state index in [2.05, 4.69) is 10.3 Å². The minimum Gasteiger partial charge on any atom is -0.481 e. The molecule has 0 saturated carbocycles. The maximum atomic E-state index is 11.0. The van der Waals surface area contributed by atoms with E-state index in [0.717, 1.165) is 27.1 Å². The number of hydrogen-bond acceptors (Lipinski definition) is 5. The summed E-state index contributed by atoms with van der Waals surface area (Å²) in [4.78, 5) is 26.8. The summed E-state index contributed by atoms with van der Waals surface area (Å²) in [6, 6.07) is 0. The molecule has 0 aromatic carbocycles. The van der Waals surface area contributed by atoms with Gasteiger partial charge in [0.2, 0.25) is 5.91 Å². The summed E-state index contributed by atoms with van der Waals surface area (Å²) in [5, 5.41) is 11.3. The highest BCUT2D eigenvalue weighted by molar-refractivity contribution is 8.01. The summed E-state index contributed by atoms with van der Waals surface area (Å²) >= 11 is 2.99. The minimum atomic E-state index is -0.835. The lowest BCUT2D eigenvalue weighted by atomic mass is 10.3. The molecule has 0 radical (unpaired) electrons. The van der Waals surface area contributed by atoms with Gasteiger partial charge in [0, 0.05) is 24.1 Å². The zero-order chi connectivity index (χ0) is 13.5. The second kappa shape index (κ2) is 7.38. The second-order valence-electron chi connectivity index (χ2n) is 3.68. The molecule has 0 aliphatic rings. The molecule has 18 heavy (non-hydrogen) atoms. The first-order valence-electron chi connectivity index (χ1n) is 5.54. The van der Waals surface area contributed by atoms with Crippen molar-refractivity contribution >= 4 is 35.0 Å². The molecular formula is C11H16N2O3S2. The standard InChI is InChI=1S/C11H16N2O3S2/c1-7-8(6-10(15)16)18-11(13-7)17-5-3-4-9(14)12-2/h3-6H2,1-2H3,(H,12,14)(H,15,16). The molecule has 0 aliphatic heterocycles. The molecule has 0 unspecified atom stereocenters. The van der Waals surface area contributed by atoms with Crippen LogP contribution in [0.4, 0.5) is 0 Å². The lowest BCUT2D eigenvalue weighted by Crippen LogP contribution is -2.17. The van der Waals surface area contributed by atoms with E-state index in [1.165, 1.54) is 11.3 Å². The third-order valence-corrected chi connectivity index (χ3v) is 4.62. The smallest absolute Gasteiger partial charge is 0.308 e. The van der Waals surface area contributed by atoms with Crippen LogP contribution in [0.5, 0.6) is 0 Å². The van der Waals surface area contributed by atoms with Gasteiger partial charge < -0.3 is 10.4 Å². The Labute approximate surface area is 114 Å². The van der Waals surface area contributed by atoms with Gasteiger partial charge in [-0.25, -0.2) is 4.98 Å². The van der Waals surface area contributed by atoms with E-state index >= 15 is 0 Å². The molecule has 0 spiro atoms. The number of hydrogen-bond donors (Lipinski definition) is 2. The lowest BCUT2D eigenvalue weighted by Gasteiger charge is -1.98. The number of carboxylic acids is 1. The van der Waals surface area contributed by atoms with Gasteiger partial charge in [0.25, 0.3) is 0 Å². The SMILES string of the molecule is CNC(=O)CCCSc1nc(C)c(CC(=O)O)s1. The zero-order valence-corrected chi connectivity index (χ0v) is 12.0. The van der Waals surface area contributed by atoms with E-state index in [1.807, 2.05) is 6.92 Å². The molecule has 5 nitrogen and oxygen atoms in total. The molecule has 0 fully saturated rings. The first-order chi connectivity index (χ1) is 8.52. The topological polar surface area (TPSA) is 79.3 Å². The predicted octanol–water partition coefficient (Wildman–Crippen LogP) is 1.70. The Morgan fingerprint density at radius 1 is 1.50 bits per heavy atom. The molecule has 0 saturated heterocycles. The number of carbonyl (C=O) groups is 2. The highest BCUT2D eigenvalue weighted by Crippen LogP contribution is 2.28. The second-order valence-corrected chi connectivity index (χ2v) is 6.11. The summed E-state index contributed by atoms with van der Waals surface area (Å²) in [5.74, 6) is 0.0165. The summed E-state index contributed by atoms with van der Waals surface area (Å²) < 4.78 is 0.876. The molecule has 1 aromatic heterocycles. The van der Waals surface area contributed by atoms with Crippen LogP contribution in [0.2, 0.25) is 0 Å². The summed E-state index contributed by atoms with van der Waals surface area (Å²) in [7, 11) is 1.62. The van der Waals surface area contributed by atoms with E-state index < -0.39 is 5.97 Å². The fourth-order valence-corrected chi connectivity index (χ4v) is 3.52. The molecule has 1 amide bonds. The van der Waals surface area contributed by atoms with Crippen LogP contribution in [0.15, 0.2) is 4.34 Å². The van der Waals surface area contributed by atoms with Crippen molar-refractivity contribution in [2.45, 2.75) is 30.5 Å². The van der Waals surface area contributed by atoms with Crippen LogP contribution in [-0.2, 0) is 16.0 Å². The van der Waals surface area contributed by atoms with Crippen LogP contribution in [0, 0.1) is 6.92 Å². The first kappa shape index (κ1) is 15.0. The maximum absolute atomic E-state index is 11.0. The minimum absolute atomic E-state index is 0.0301. The Morgan fingerprint density at radius 2 is 2.22 bits per heavy atom. The summed E-state index contributed by atoms with van der Waals surface area (Å²) in [6.07, 6.45) is 1.33. The van der Waals surface area contributed by atoms with Crippen LogP contribution < -0.4 is 5.32 Å².